The van der Waals surface area contributed by atoms with Crippen LogP contribution in [0.3, 0.4) is 0 Å². The highest BCUT2D eigenvalue weighted by Gasteiger charge is 2.60. The molecule has 2 rings (SSSR count). The van der Waals surface area contributed by atoms with Crippen molar-refractivity contribution in [3.05, 3.63) is 42.5 Å². The smallest absolute Gasteiger partial charge is 0.411 e. The SMILES string of the molecule is C=C[C@@H](O)[C@]1([C@@H](O)C=NO)[C@@H](C)OC(=O)N1Cc1ccc(OC)cc1. The number of hydrogen-bond acceptors (Lipinski definition) is 7. The predicted molar refractivity (Wildman–Crippen MR) is 89.7 cm³/mol. The monoisotopic (exact) mass is 350 g/mol. The topological polar surface area (TPSA) is 112 Å². The minimum atomic E-state index is -1.58. The van der Waals surface area contributed by atoms with Gasteiger partial charge in [-0.15, -0.1) is 6.58 Å². The number of carbonyl (C=O) groups is 1. The summed E-state index contributed by atoms with van der Waals surface area (Å²) >= 11 is 0. The van der Waals surface area contributed by atoms with E-state index in [1.807, 2.05) is 0 Å². The Labute approximate surface area is 145 Å². The van der Waals surface area contributed by atoms with E-state index < -0.39 is 29.9 Å². The van der Waals surface area contributed by atoms with Gasteiger partial charge in [-0.25, -0.2) is 4.79 Å². The number of cyclic esters (lactones) is 1. The number of aliphatic hydroxyl groups excluding tert-OH is 2. The molecule has 1 heterocycles. The van der Waals surface area contributed by atoms with Gasteiger partial charge in [0.2, 0.25) is 0 Å². The lowest BCUT2D eigenvalue weighted by Crippen LogP contribution is -2.65. The summed E-state index contributed by atoms with van der Waals surface area (Å²) in [4.78, 5) is 13.6. The maximum atomic E-state index is 12.4. The summed E-state index contributed by atoms with van der Waals surface area (Å²) in [5.41, 5.74) is -0.842. The average Bonchev–Trinajstić information content (AvgIpc) is 2.86. The molecule has 0 radical (unpaired) electrons. The quantitative estimate of drug-likeness (QED) is 0.294. The third-order valence-electron chi connectivity index (χ3n) is 4.50. The van der Waals surface area contributed by atoms with Crippen molar-refractivity contribution in [3.8, 4) is 5.75 Å². The van der Waals surface area contributed by atoms with Crippen LogP contribution >= 0.6 is 0 Å². The highest BCUT2D eigenvalue weighted by atomic mass is 16.6. The normalized spacial score (nSPS) is 25.7. The maximum absolute atomic E-state index is 12.4. The fourth-order valence-electron chi connectivity index (χ4n) is 3.15. The Morgan fingerprint density at radius 2 is 2.04 bits per heavy atom. The Hall–Kier alpha value is -2.58. The molecule has 136 valence electrons. The number of ether oxygens (including phenoxy) is 2. The van der Waals surface area contributed by atoms with Crippen LogP contribution in [0, 0.1) is 0 Å². The number of oxime groups is 1. The van der Waals surface area contributed by atoms with Crippen molar-refractivity contribution >= 4 is 12.3 Å². The minimum Gasteiger partial charge on any atom is -0.497 e. The second-order valence-corrected chi connectivity index (χ2v) is 5.74. The lowest BCUT2D eigenvalue weighted by Gasteiger charge is -2.42. The first-order valence-corrected chi connectivity index (χ1v) is 7.69. The number of nitrogens with zero attached hydrogens (tertiary/aromatic N) is 2. The van der Waals surface area contributed by atoms with Crippen LogP contribution in [0.5, 0.6) is 5.75 Å². The molecule has 1 aliphatic heterocycles. The molecule has 0 spiro atoms. The predicted octanol–water partition coefficient (Wildman–Crippen LogP) is 1.14. The number of methoxy groups -OCH3 is 1. The molecule has 1 amide bonds. The highest BCUT2D eigenvalue weighted by Crippen LogP contribution is 2.38. The van der Waals surface area contributed by atoms with E-state index in [1.54, 1.807) is 38.3 Å². The number of hydrogen-bond donors (Lipinski definition) is 3. The number of rotatable bonds is 7. The van der Waals surface area contributed by atoms with Gasteiger partial charge < -0.3 is 24.9 Å². The molecule has 25 heavy (non-hydrogen) atoms. The average molecular weight is 350 g/mol. The Kier molecular flexibility index (Phi) is 5.66. The number of aliphatic hydroxyl groups is 2. The zero-order valence-corrected chi connectivity index (χ0v) is 14.1. The lowest BCUT2D eigenvalue weighted by atomic mass is 9.80. The molecule has 8 nitrogen and oxygen atoms in total. The number of carbonyl (C=O) groups excluding carboxylic acids is 1. The van der Waals surface area contributed by atoms with Crippen LogP contribution in [0.2, 0.25) is 0 Å². The van der Waals surface area contributed by atoms with Crippen molar-refractivity contribution in [1.29, 1.82) is 0 Å². The van der Waals surface area contributed by atoms with E-state index in [1.165, 1.54) is 11.0 Å². The molecule has 1 aliphatic rings. The number of amides is 1. The van der Waals surface area contributed by atoms with Crippen molar-refractivity contribution in [3.63, 3.8) is 0 Å². The van der Waals surface area contributed by atoms with E-state index in [2.05, 4.69) is 11.7 Å². The molecule has 1 aromatic carbocycles. The van der Waals surface area contributed by atoms with Gasteiger partial charge in [-0.2, -0.15) is 0 Å². The summed E-state index contributed by atoms with van der Waals surface area (Å²) in [6, 6.07) is 6.98. The van der Waals surface area contributed by atoms with Crippen LogP contribution in [0.4, 0.5) is 4.79 Å². The number of benzene rings is 1. The standard InChI is InChI=1S/C17H22N2O6/c1-4-14(20)17(15(21)9-18-23)11(2)25-16(22)19(17)10-12-5-7-13(24-3)8-6-12/h4-9,11,14-15,20-21,23H,1,10H2,2-3H3/t11-,14-,15+,17+/m1/s1. The molecule has 8 heteroatoms. The molecule has 0 aromatic heterocycles. The van der Waals surface area contributed by atoms with E-state index >= 15 is 0 Å². The third kappa shape index (κ3) is 3.18. The highest BCUT2D eigenvalue weighted by molar-refractivity contribution is 5.76. The van der Waals surface area contributed by atoms with Gasteiger partial charge in [0.25, 0.3) is 0 Å². The van der Waals surface area contributed by atoms with Crippen LogP contribution in [0.1, 0.15) is 12.5 Å². The zero-order valence-electron chi connectivity index (χ0n) is 14.1. The van der Waals surface area contributed by atoms with Gasteiger partial charge in [-0.3, -0.25) is 4.90 Å². The summed E-state index contributed by atoms with van der Waals surface area (Å²) < 4.78 is 10.3. The van der Waals surface area contributed by atoms with Crippen molar-refractivity contribution < 1.29 is 29.7 Å². The second kappa shape index (κ2) is 7.54. The molecule has 1 fully saturated rings. The molecule has 3 N–H and O–H groups in total. The zero-order chi connectivity index (χ0) is 18.6. The molecular formula is C17H22N2O6. The van der Waals surface area contributed by atoms with Gasteiger partial charge in [0.05, 0.1) is 19.9 Å². The summed E-state index contributed by atoms with van der Waals surface area (Å²) in [6.07, 6.45) is -2.33. The first-order valence-electron chi connectivity index (χ1n) is 7.69. The van der Waals surface area contributed by atoms with Crippen LogP contribution < -0.4 is 4.74 Å². The van der Waals surface area contributed by atoms with Crippen molar-refractivity contribution in [2.24, 2.45) is 5.16 Å². The summed E-state index contributed by atoms with van der Waals surface area (Å²) in [7, 11) is 1.55. The molecule has 0 aliphatic carbocycles. The van der Waals surface area contributed by atoms with Gasteiger partial charge in [0.15, 0.2) is 0 Å². The molecule has 1 saturated heterocycles. The molecule has 4 atom stereocenters. The summed E-state index contributed by atoms with van der Waals surface area (Å²) in [6.45, 7) is 5.15. The fraction of sp³-hybridized carbons (Fsp3) is 0.412. The second-order valence-electron chi connectivity index (χ2n) is 5.74. The van der Waals surface area contributed by atoms with Crippen molar-refractivity contribution in [1.82, 2.24) is 4.90 Å². The van der Waals surface area contributed by atoms with Crippen LogP contribution in [0.15, 0.2) is 42.1 Å². The molecular weight excluding hydrogens is 328 g/mol. The summed E-state index contributed by atoms with van der Waals surface area (Å²) in [5, 5.41) is 32.6. The van der Waals surface area contributed by atoms with Crippen molar-refractivity contribution in [2.75, 3.05) is 7.11 Å². The Bertz CT molecular complexity index is 647. The fourth-order valence-corrected chi connectivity index (χ4v) is 3.15. The first-order chi connectivity index (χ1) is 11.9. The molecule has 0 unspecified atom stereocenters. The lowest BCUT2D eigenvalue weighted by molar-refractivity contribution is -0.0550. The Balaban J connectivity index is 2.45. The van der Waals surface area contributed by atoms with Gasteiger partial charge in [0, 0.05) is 0 Å². The Morgan fingerprint density at radius 3 is 2.56 bits per heavy atom. The molecule has 0 saturated carbocycles. The first kappa shape index (κ1) is 18.8. The summed E-state index contributed by atoms with van der Waals surface area (Å²) in [5.74, 6) is 0.658. The van der Waals surface area contributed by atoms with Gasteiger partial charge in [-0.1, -0.05) is 23.4 Å². The van der Waals surface area contributed by atoms with E-state index in [-0.39, 0.29) is 6.54 Å². The van der Waals surface area contributed by atoms with E-state index in [9.17, 15) is 15.0 Å². The maximum Gasteiger partial charge on any atom is 0.411 e. The minimum absolute atomic E-state index is 0.0639. The van der Waals surface area contributed by atoms with E-state index in [4.69, 9.17) is 14.7 Å². The van der Waals surface area contributed by atoms with Crippen LogP contribution in [0.25, 0.3) is 0 Å². The van der Waals surface area contributed by atoms with Crippen LogP contribution in [-0.4, -0.2) is 63.6 Å². The molecule has 1 aromatic rings. The van der Waals surface area contributed by atoms with Crippen LogP contribution in [-0.2, 0) is 11.3 Å². The third-order valence-corrected chi connectivity index (χ3v) is 4.50. The van der Waals surface area contributed by atoms with Gasteiger partial charge in [0.1, 0.15) is 29.6 Å². The van der Waals surface area contributed by atoms with E-state index in [0.717, 1.165) is 11.8 Å². The van der Waals surface area contributed by atoms with E-state index in [0.29, 0.717) is 5.75 Å². The largest absolute Gasteiger partial charge is 0.497 e. The Morgan fingerprint density at radius 1 is 1.40 bits per heavy atom. The van der Waals surface area contributed by atoms with Gasteiger partial charge >= 0.3 is 6.09 Å². The van der Waals surface area contributed by atoms with Crippen molar-refractivity contribution in [2.45, 2.75) is 37.3 Å². The van der Waals surface area contributed by atoms with Gasteiger partial charge in [-0.05, 0) is 24.6 Å². The molecule has 0 bridgehead atoms.